The average Bonchev–Trinajstić information content (AvgIpc) is 2.17. The average molecular weight is 175 g/mol. The highest BCUT2D eigenvalue weighted by molar-refractivity contribution is 6.48. The van der Waals surface area contributed by atoms with E-state index in [2.05, 4.69) is 4.98 Å². The molecular weight excluding hydrogens is 170 g/mol. The number of nitriles is 1. The zero-order valence-electron chi connectivity index (χ0n) is 6.52. The lowest BCUT2D eigenvalue weighted by molar-refractivity contribution is -0.110. The third-order valence-electron chi connectivity index (χ3n) is 1.33. The number of carbonyl (C=O) groups is 2. The van der Waals surface area contributed by atoms with Crippen molar-refractivity contribution < 1.29 is 9.59 Å². The summed E-state index contributed by atoms with van der Waals surface area (Å²) >= 11 is 0. The van der Waals surface area contributed by atoms with Crippen molar-refractivity contribution in [1.29, 1.82) is 5.26 Å². The molecule has 13 heavy (non-hydrogen) atoms. The zero-order valence-corrected chi connectivity index (χ0v) is 6.52. The van der Waals surface area contributed by atoms with Crippen molar-refractivity contribution in [2.75, 3.05) is 5.73 Å². The van der Waals surface area contributed by atoms with Crippen LogP contribution in [-0.2, 0) is 4.79 Å². The number of ketones is 2. The van der Waals surface area contributed by atoms with Crippen molar-refractivity contribution in [3.63, 3.8) is 0 Å². The summed E-state index contributed by atoms with van der Waals surface area (Å²) in [7, 11) is 0. The van der Waals surface area contributed by atoms with E-state index in [1.807, 2.05) is 0 Å². The van der Waals surface area contributed by atoms with E-state index < -0.39 is 11.6 Å². The molecule has 0 saturated heterocycles. The molecule has 0 unspecified atom stereocenters. The van der Waals surface area contributed by atoms with Crippen LogP contribution in [0.25, 0.3) is 0 Å². The molecule has 0 aliphatic heterocycles. The van der Waals surface area contributed by atoms with E-state index in [1.54, 1.807) is 0 Å². The fraction of sp³-hybridized carbons (Fsp3) is 0. The summed E-state index contributed by atoms with van der Waals surface area (Å²) in [4.78, 5) is 25.2. The lowest BCUT2D eigenvalue weighted by atomic mass is 10.2. The molecular formula is C8H5N3O2. The zero-order chi connectivity index (χ0) is 9.84. The summed E-state index contributed by atoms with van der Waals surface area (Å²) in [6.07, 6.45) is 1.25. The largest absolute Gasteiger partial charge is 0.397 e. The minimum atomic E-state index is -1.13. The molecule has 0 saturated carbocycles. The summed E-state index contributed by atoms with van der Waals surface area (Å²) in [5.41, 5.74) is 5.63. The Bertz CT molecular complexity index is 389. The number of anilines is 1. The fourth-order valence-corrected chi connectivity index (χ4v) is 0.707. The van der Waals surface area contributed by atoms with Gasteiger partial charge < -0.3 is 5.73 Å². The van der Waals surface area contributed by atoms with Gasteiger partial charge in [-0.2, -0.15) is 5.26 Å². The Balaban J connectivity index is 2.98. The molecule has 1 heterocycles. The molecule has 0 aliphatic carbocycles. The number of hydrogen-bond acceptors (Lipinski definition) is 5. The fourth-order valence-electron chi connectivity index (χ4n) is 0.707. The molecule has 0 aromatic carbocycles. The third-order valence-corrected chi connectivity index (χ3v) is 1.33. The lowest BCUT2D eigenvalue weighted by Gasteiger charge is -1.94. The maximum Gasteiger partial charge on any atom is 0.304 e. The summed E-state index contributed by atoms with van der Waals surface area (Å²) in [6, 6.07) is 3.95. The predicted molar refractivity (Wildman–Crippen MR) is 43.6 cm³/mol. The van der Waals surface area contributed by atoms with Gasteiger partial charge in [0.15, 0.2) is 0 Å². The maximum atomic E-state index is 11.0. The molecule has 0 aliphatic rings. The van der Waals surface area contributed by atoms with Gasteiger partial charge in [-0.15, -0.1) is 0 Å². The Hall–Kier alpha value is -2.22. The van der Waals surface area contributed by atoms with Crippen LogP contribution in [0, 0.1) is 11.3 Å². The SMILES string of the molecule is N#CC(=O)C(=O)c1ccc(N)cn1. The van der Waals surface area contributed by atoms with E-state index in [1.165, 1.54) is 24.4 Å². The van der Waals surface area contributed by atoms with E-state index in [9.17, 15) is 9.59 Å². The Morgan fingerprint density at radius 2 is 2.15 bits per heavy atom. The number of pyridine rings is 1. The molecule has 0 amide bonds. The Kier molecular flexibility index (Phi) is 2.36. The summed E-state index contributed by atoms with van der Waals surface area (Å²) in [6.45, 7) is 0. The molecule has 0 spiro atoms. The van der Waals surface area contributed by atoms with Crippen LogP contribution in [-0.4, -0.2) is 16.6 Å². The van der Waals surface area contributed by atoms with Gasteiger partial charge in [-0.05, 0) is 12.1 Å². The van der Waals surface area contributed by atoms with Crippen LogP contribution in [0.15, 0.2) is 18.3 Å². The number of aromatic nitrogens is 1. The van der Waals surface area contributed by atoms with Crippen molar-refractivity contribution >= 4 is 17.3 Å². The molecule has 1 aromatic rings. The minimum Gasteiger partial charge on any atom is -0.397 e. The number of Topliss-reactive ketones (excluding diaryl/α,β-unsaturated/α-hetero) is 2. The third kappa shape index (κ3) is 1.87. The van der Waals surface area contributed by atoms with Gasteiger partial charge in [0.25, 0.3) is 5.78 Å². The van der Waals surface area contributed by atoms with E-state index in [0.717, 1.165) is 0 Å². The number of carbonyl (C=O) groups excluding carboxylic acids is 2. The van der Waals surface area contributed by atoms with Gasteiger partial charge in [0.2, 0.25) is 0 Å². The van der Waals surface area contributed by atoms with Crippen LogP contribution in [0.4, 0.5) is 5.69 Å². The first kappa shape index (κ1) is 8.87. The van der Waals surface area contributed by atoms with Gasteiger partial charge in [-0.3, -0.25) is 14.6 Å². The summed E-state index contributed by atoms with van der Waals surface area (Å²) in [5, 5.41) is 8.15. The first-order chi connectivity index (χ1) is 6.15. The molecule has 0 bridgehead atoms. The van der Waals surface area contributed by atoms with Crippen LogP contribution in [0.3, 0.4) is 0 Å². The standard InChI is InChI=1S/C8H5N3O2/c9-3-7(12)8(13)6-2-1-5(10)4-11-6/h1-2,4H,10H2. The van der Waals surface area contributed by atoms with Crippen LogP contribution < -0.4 is 5.73 Å². The highest BCUT2D eigenvalue weighted by atomic mass is 16.2. The van der Waals surface area contributed by atoms with Crippen LogP contribution in [0.2, 0.25) is 0 Å². The van der Waals surface area contributed by atoms with E-state index in [-0.39, 0.29) is 5.69 Å². The van der Waals surface area contributed by atoms with Crippen molar-refractivity contribution in [3.05, 3.63) is 24.0 Å². The predicted octanol–water partition coefficient (Wildman–Crippen LogP) is -0.0608. The normalized spacial score (nSPS) is 8.85. The van der Waals surface area contributed by atoms with Gasteiger partial charge in [-0.25, -0.2) is 0 Å². The van der Waals surface area contributed by atoms with Crippen LogP contribution in [0.5, 0.6) is 0 Å². The smallest absolute Gasteiger partial charge is 0.304 e. The molecule has 2 N–H and O–H groups in total. The van der Waals surface area contributed by atoms with Crippen molar-refractivity contribution in [3.8, 4) is 6.07 Å². The highest BCUT2D eigenvalue weighted by Gasteiger charge is 2.15. The number of nitrogens with two attached hydrogens (primary N) is 1. The monoisotopic (exact) mass is 175 g/mol. The number of hydrogen-bond donors (Lipinski definition) is 1. The van der Waals surface area contributed by atoms with Gasteiger partial charge >= 0.3 is 5.78 Å². The van der Waals surface area contributed by atoms with Crippen LogP contribution >= 0.6 is 0 Å². The first-order valence-corrected chi connectivity index (χ1v) is 3.35. The van der Waals surface area contributed by atoms with Gasteiger partial charge in [-0.1, -0.05) is 0 Å². The van der Waals surface area contributed by atoms with Crippen molar-refractivity contribution in [2.45, 2.75) is 0 Å². The van der Waals surface area contributed by atoms with Crippen molar-refractivity contribution in [1.82, 2.24) is 4.98 Å². The molecule has 5 heteroatoms. The topological polar surface area (TPSA) is 96.8 Å². The second kappa shape index (κ2) is 3.45. The maximum absolute atomic E-state index is 11.0. The molecule has 5 nitrogen and oxygen atoms in total. The number of nitrogen functional groups attached to an aromatic ring is 1. The molecule has 0 atom stereocenters. The molecule has 1 rings (SSSR count). The number of rotatable bonds is 2. The van der Waals surface area contributed by atoms with E-state index in [4.69, 9.17) is 11.0 Å². The molecule has 0 radical (unpaired) electrons. The Labute approximate surface area is 73.8 Å². The van der Waals surface area contributed by atoms with Crippen molar-refractivity contribution in [2.24, 2.45) is 0 Å². The summed E-state index contributed by atoms with van der Waals surface area (Å²) < 4.78 is 0. The molecule has 64 valence electrons. The lowest BCUT2D eigenvalue weighted by Crippen LogP contribution is -2.13. The van der Waals surface area contributed by atoms with Gasteiger partial charge in [0.05, 0.1) is 11.9 Å². The van der Waals surface area contributed by atoms with E-state index >= 15 is 0 Å². The number of nitrogens with zero attached hydrogens (tertiary/aromatic N) is 2. The molecule has 1 aromatic heterocycles. The highest BCUT2D eigenvalue weighted by Crippen LogP contribution is 2.01. The summed E-state index contributed by atoms with van der Waals surface area (Å²) in [5.74, 6) is -2.04. The van der Waals surface area contributed by atoms with Crippen LogP contribution in [0.1, 0.15) is 10.5 Å². The second-order valence-corrected chi connectivity index (χ2v) is 2.25. The van der Waals surface area contributed by atoms with E-state index in [0.29, 0.717) is 5.69 Å². The minimum absolute atomic E-state index is 0.0687. The quantitative estimate of drug-likeness (QED) is 0.385. The second-order valence-electron chi connectivity index (χ2n) is 2.25. The van der Waals surface area contributed by atoms with Gasteiger partial charge in [0.1, 0.15) is 11.8 Å². The van der Waals surface area contributed by atoms with Gasteiger partial charge in [0, 0.05) is 0 Å². The molecule has 0 fully saturated rings. The Morgan fingerprint density at radius 3 is 2.62 bits per heavy atom. The Morgan fingerprint density at radius 1 is 1.46 bits per heavy atom. The first-order valence-electron chi connectivity index (χ1n) is 3.35.